The lowest BCUT2D eigenvalue weighted by molar-refractivity contribution is -0.115. The third kappa shape index (κ3) is 5.10. The summed E-state index contributed by atoms with van der Waals surface area (Å²) in [5, 5.41) is 0. The summed E-state index contributed by atoms with van der Waals surface area (Å²) in [6.07, 6.45) is 5.36. The Morgan fingerprint density at radius 3 is 2.11 bits per heavy atom. The van der Waals surface area contributed by atoms with Gasteiger partial charge in [0.25, 0.3) is 0 Å². The maximum absolute atomic E-state index is 10.6. The van der Waals surface area contributed by atoms with E-state index in [0.29, 0.717) is 6.42 Å². The van der Waals surface area contributed by atoms with Crippen molar-refractivity contribution in [2.45, 2.75) is 27.2 Å². The van der Waals surface area contributed by atoms with Gasteiger partial charge >= 0.3 is 0 Å². The van der Waals surface area contributed by atoms with Crippen LogP contribution >= 0.6 is 0 Å². The average Bonchev–Trinajstić information content (AvgIpc) is 1.62. The van der Waals surface area contributed by atoms with Crippen LogP contribution in [0, 0.1) is 17.8 Å². The maximum Gasteiger partial charge on any atom is 0.205 e. The van der Waals surface area contributed by atoms with Gasteiger partial charge in [-0.2, -0.15) is 0 Å². The molecule has 0 bridgehead atoms. The molecular weight excluding hydrogens is 112 g/mol. The van der Waals surface area contributed by atoms with Crippen molar-refractivity contribution < 1.29 is 4.79 Å². The first-order valence-corrected chi connectivity index (χ1v) is 2.95. The summed E-state index contributed by atoms with van der Waals surface area (Å²) in [6.45, 7) is 5.96. The van der Waals surface area contributed by atoms with Gasteiger partial charge in [0.2, 0.25) is 5.78 Å². The van der Waals surface area contributed by atoms with Gasteiger partial charge in [0.1, 0.15) is 0 Å². The van der Waals surface area contributed by atoms with E-state index < -0.39 is 0 Å². The van der Waals surface area contributed by atoms with Crippen molar-refractivity contribution >= 4 is 5.78 Å². The number of Topliss-reactive ketones (excluding diaryl/α,β-unsaturated/α-hetero) is 1. The average molecular weight is 124 g/mol. The van der Waals surface area contributed by atoms with Gasteiger partial charge in [-0.15, -0.1) is 6.42 Å². The number of rotatable bonds is 1. The molecule has 0 aliphatic heterocycles. The van der Waals surface area contributed by atoms with Crippen LogP contribution in [0.25, 0.3) is 0 Å². The normalized spacial score (nSPS) is 10.4. The number of carbonyl (C=O) groups excluding carboxylic acids is 1. The molecule has 0 radical (unpaired) electrons. The summed E-state index contributed by atoms with van der Waals surface area (Å²) in [5.74, 6) is 1.97. The Kier molecular flexibility index (Phi) is 2.45. The molecule has 0 aromatic rings. The lowest BCUT2D eigenvalue weighted by Crippen LogP contribution is -2.10. The van der Waals surface area contributed by atoms with Crippen LogP contribution in [0.1, 0.15) is 27.2 Å². The molecule has 0 N–H and O–H groups in total. The molecule has 0 atom stereocenters. The van der Waals surface area contributed by atoms with Gasteiger partial charge < -0.3 is 0 Å². The number of hydrogen-bond acceptors (Lipinski definition) is 1. The van der Waals surface area contributed by atoms with Gasteiger partial charge in [0.05, 0.1) is 0 Å². The second-order valence-electron chi connectivity index (χ2n) is 3.30. The maximum atomic E-state index is 10.6. The fraction of sp³-hybridized carbons (Fsp3) is 0.625. The molecule has 0 spiro atoms. The van der Waals surface area contributed by atoms with E-state index in [4.69, 9.17) is 6.42 Å². The van der Waals surface area contributed by atoms with E-state index in [1.54, 1.807) is 0 Å². The van der Waals surface area contributed by atoms with Crippen molar-refractivity contribution in [2.24, 2.45) is 5.41 Å². The minimum atomic E-state index is -0.109. The quantitative estimate of drug-likeness (QED) is 0.383. The zero-order chi connectivity index (χ0) is 7.49. The SMILES string of the molecule is C#CC(=O)CC(C)(C)C. The van der Waals surface area contributed by atoms with E-state index in [-0.39, 0.29) is 11.2 Å². The standard InChI is InChI=1S/C8H12O/c1-5-7(9)6-8(2,3)4/h1H,6H2,2-4H3. The molecule has 0 saturated carbocycles. The topological polar surface area (TPSA) is 17.1 Å². The molecule has 0 aliphatic carbocycles. The van der Waals surface area contributed by atoms with Gasteiger partial charge in [-0.1, -0.05) is 20.8 Å². The lowest BCUT2D eigenvalue weighted by Gasteiger charge is -2.13. The fourth-order valence-corrected chi connectivity index (χ4v) is 0.533. The Labute approximate surface area is 56.5 Å². The molecule has 0 aliphatic rings. The summed E-state index contributed by atoms with van der Waals surface area (Å²) in [4.78, 5) is 10.6. The largest absolute Gasteiger partial charge is 0.285 e. The number of ketones is 1. The minimum absolute atomic E-state index is 0.0312. The summed E-state index contributed by atoms with van der Waals surface area (Å²) in [7, 11) is 0. The first-order valence-electron chi connectivity index (χ1n) is 2.95. The second kappa shape index (κ2) is 2.68. The van der Waals surface area contributed by atoms with Gasteiger partial charge in [-0.3, -0.25) is 4.79 Å². The summed E-state index contributed by atoms with van der Waals surface area (Å²) in [5.41, 5.74) is 0.0312. The Balaban J connectivity index is 3.78. The highest BCUT2D eigenvalue weighted by Gasteiger charge is 2.13. The van der Waals surface area contributed by atoms with Crippen LogP contribution in [0.5, 0.6) is 0 Å². The fourth-order valence-electron chi connectivity index (χ4n) is 0.533. The molecular formula is C8H12O. The monoisotopic (exact) mass is 124 g/mol. The van der Waals surface area contributed by atoms with Gasteiger partial charge in [-0.05, 0) is 11.3 Å². The second-order valence-corrected chi connectivity index (χ2v) is 3.30. The predicted octanol–water partition coefficient (Wildman–Crippen LogP) is 1.62. The lowest BCUT2D eigenvalue weighted by atomic mass is 9.90. The molecule has 0 fully saturated rings. The molecule has 0 aromatic carbocycles. The number of terminal acetylenes is 1. The molecule has 0 aromatic heterocycles. The number of carbonyl (C=O) groups is 1. The van der Waals surface area contributed by atoms with Crippen LogP contribution in [0.15, 0.2) is 0 Å². The van der Waals surface area contributed by atoms with Crippen LogP contribution < -0.4 is 0 Å². The van der Waals surface area contributed by atoms with E-state index in [1.165, 1.54) is 0 Å². The summed E-state index contributed by atoms with van der Waals surface area (Å²) < 4.78 is 0. The molecule has 0 rings (SSSR count). The molecule has 9 heavy (non-hydrogen) atoms. The number of hydrogen-bond donors (Lipinski definition) is 0. The third-order valence-corrected chi connectivity index (χ3v) is 0.852. The molecule has 0 unspecified atom stereocenters. The summed E-state index contributed by atoms with van der Waals surface area (Å²) in [6, 6.07) is 0. The van der Waals surface area contributed by atoms with Crippen molar-refractivity contribution in [1.29, 1.82) is 0 Å². The highest BCUT2D eigenvalue weighted by molar-refractivity contribution is 5.95. The van der Waals surface area contributed by atoms with Gasteiger partial charge in [0, 0.05) is 6.42 Å². The minimum Gasteiger partial charge on any atom is -0.285 e. The van der Waals surface area contributed by atoms with Crippen molar-refractivity contribution in [3.8, 4) is 12.3 Å². The first-order chi connectivity index (χ1) is 3.95. The van der Waals surface area contributed by atoms with Crippen LogP contribution in [0.4, 0.5) is 0 Å². The van der Waals surface area contributed by atoms with Crippen molar-refractivity contribution in [1.82, 2.24) is 0 Å². The van der Waals surface area contributed by atoms with Crippen molar-refractivity contribution in [3.05, 3.63) is 0 Å². The summed E-state index contributed by atoms with van der Waals surface area (Å²) >= 11 is 0. The Hall–Kier alpha value is -0.770. The highest BCUT2D eigenvalue weighted by Crippen LogP contribution is 2.17. The molecule has 0 heterocycles. The van der Waals surface area contributed by atoms with Crippen LogP contribution in [-0.2, 0) is 4.79 Å². The van der Waals surface area contributed by atoms with E-state index >= 15 is 0 Å². The zero-order valence-corrected chi connectivity index (χ0v) is 6.19. The van der Waals surface area contributed by atoms with Crippen LogP contribution in [-0.4, -0.2) is 5.78 Å². The van der Waals surface area contributed by atoms with Crippen LogP contribution in [0.2, 0.25) is 0 Å². The van der Waals surface area contributed by atoms with E-state index in [2.05, 4.69) is 5.92 Å². The van der Waals surface area contributed by atoms with Gasteiger partial charge in [0.15, 0.2) is 0 Å². The van der Waals surface area contributed by atoms with Gasteiger partial charge in [-0.25, -0.2) is 0 Å². The Morgan fingerprint density at radius 1 is 1.56 bits per heavy atom. The Morgan fingerprint density at radius 2 is 2.00 bits per heavy atom. The van der Waals surface area contributed by atoms with Crippen molar-refractivity contribution in [3.63, 3.8) is 0 Å². The molecule has 1 heteroatoms. The molecule has 50 valence electrons. The predicted molar refractivity (Wildman–Crippen MR) is 37.9 cm³/mol. The molecule has 0 amide bonds. The molecule has 0 saturated heterocycles. The van der Waals surface area contributed by atoms with E-state index in [9.17, 15) is 4.79 Å². The zero-order valence-electron chi connectivity index (χ0n) is 6.19. The van der Waals surface area contributed by atoms with Crippen LogP contribution in [0.3, 0.4) is 0 Å². The highest BCUT2D eigenvalue weighted by atomic mass is 16.1. The molecule has 1 nitrogen and oxygen atoms in total. The van der Waals surface area contributed by atoms with Crippen molar-refractivity contribution in [2.75, 3.05) is 0 Å². The first kappa shape index (κ1) is 8.23. The Bertz CT molecular complexity index is 143. The smallest absolute Gasteiger partial charge is 0.205 e. The van der Waals surface area contributed by atoms with E-state index in [1.807, 2.05) is 20.8 Å². The third-order valence-electron chi connectivity index (χ3n) is 0.852. The van der Waals surface area contributed by atoms with E-state index in [0.717, 1.165) is 0 Å².